The minimum atomic E-state index is -0.967. The predicted molar refractivity (Wildman–Crippen MR) is 156 cm³/mol. The highest BCUT2D eigenvalue weighted by Gasteiger charge is 2.45. The molecule has 9 nitrogen and oxygen atoms in total. The number of likely N-dealkylation sites (tertiary alicyclic amines) is 1. The molecule has 3 fully saturated rings. The molecule has 1 aromatic carbocycles. The predicted octanol–water partition coefficient (Wildman–Crippen LogP) is 5.56. The smallest absolute Gasteiger partial charge is 0.335 e. The number of aromatic nitrogens is 1. The highest BCUT2D eigenvalue weighted by Crippen LogP contribution is 2.38. The molecule has 1 N–H and O–H groups in total. The molecule has 0 bridgehead atoms. The van der Waals surface area contributed by atoms with Crippen molar-refractivity contribution in [1.82, 2.24) is 19.7 Å². The highest BCUT2D eigenvalue weighted by molar-refractivity contribution is 7.08. The average Bonchev–Trinajstić information content (AvgIpc) is 3.64. The summed E-state index contributed by atoms with van der Waals surface area (Å²) in [4.78, 5) is 36.3. The molecule has 2 aromatic heterocycles. The van der Waals surface area contributed by atoms with Gasteiger partial charge in [0, 0.05) is 63.2 Å². The Hall–Kier alpha value is -3.47. The lowest BCUT2D eigenvalue weighted by Gasteiger charge is -2.39. The van der Waals surface area contributed by atoms with Gasteiger partial charge in [-0.05, 0) is 84.8 Å². The number of carboxylic acids is 1. The van der Waals surface area contributed by atoms with Crippen LogP contribution in [0.4, 0.5) is 4.79 Å². The lowest BCUT2D eigenvalue weighted by molar-refractivity contribution is 0.0493. The van der Waals surface area contributed by atoms with Crippen LogP contribution in [0.5, 0.6) is 11.6 Å². The van der Waals surface area contributed by atoms with Crippen molar-refractivity contribution in [2.75, 3.05) is 32.8 Å². The summed E-state index contributed by atoms with van der Waals surface area (Å²) in [6.45, 7) is 6.88. The van der Waals surface area contributed by atoms with Crippen LogP contribution < -0.4 is 4.74 Å². The average molecular weight is 577 g/mol. The molecule has 0 radical (unpaired) electrons. The zero-order valence-electron chi connectivity index (χ0n) is 23.3. The molecule has 3 aliphatic rings. The molecule has 10 heteroatoms. The van der Waals surface area contributed by atoms with E-state index in [1.807, 2.05) is 13.0 Å². The van der Waals surface area contributed by atoms with Gasteiger partial charge in [-0.1, -0.05) is 6.07 Å². The topological polar surface area (TPSA) is 95.4 Å². The maximum atomic E-state index is 13.8. The minimum Gasteiger partial charge on any atom is -0.478 e. The molecule has 5 heterocycles. The minimum absolute atomic E-state index is 0.118. The normalized spacial score (nSPS) is 21.0. The zero-order valence-corrected chi connectivity index (χ0v) is 24.1. The fourth-order valence-electron chi connectivity index (χ4n) is 6.25. The van der Waals surface area contributed by atoms with Crippen molar-refractivity contribution in [1.29, 1.82) is 0 Å². The zero-order chi connectivity index (χ0) is 28.3. The number of carbonyl (C=O) groups excluding carboxylic acids is 1. The van der Waals surface area contributed by atoms with Gasteiger partial charge < -0.3 is 24.4 Å². The van der Waals surface area contributed by atoms with Crippen LogP contribution in [0.25, 0.3) is 0 Å². The van der Waals surface area contributed by atoms with Crippen LogP contribution in [0.1, 0.15) is 58.9 Å². The number of nitrogens with zero attached hydrogens (tertiary/aromatic N) is 4. The molecule has 0 spiro atoms. The van der Waals surface area contributed by atoms with Gasteiger partial charge in [0.2, 0.25) is 5.88 Å². The highest BCUT2D eigenvalue weighted by atomic mass is 32.1. The van der Waals surface area contributed by atoms with Crippen LogP contribution in [0.15, 0.2) is 53.2 Å². The number of thiophene rings is 1. The third-order valence-electron chi connectivity index (χ3n) is 8.57. The van der Waals surface area contributed by atoms with Crippen molar-refractivity contribution in [3.63, 3.8) is 0 Å². The SMILES string of the molecule is Cc1nc(Oc2ccc(C(=O)O)cc2)ccc1CN1CCC(N2C(=O)N(C3CCOCC3)CC2c2ccsc2)CC1. The molecule has 0 aliphatic carbocycles. The quantitative estimate of drug-likeness (QED) is 0.375. The molecule has 0 saturated carbocycles. The number of urea groups is 1. The lowest BCUT2D eigenvalue weighted by atomic mass is 9.99. The first-order chi connectivity index (χ1) is 20.0. The maximum Gasteiger partial charge on any atom is 0.335 e. The van der Waals surface area contributed by atoms with Gasteiger partial charge in [0.25, 0.3) is 0 Å². The van der Waals surface area contributed by atoms with Crippen molar-refractivity contribution >= 4 is 23.3 Å². The number of ether oxygens (including phenoxy) is 2. The van der Waals surface area contributed by atoms with Crippen molar-refractivity contribution in [2.24, 2.45) is 0 Å². The Balaban J connectivity index is 1.07. The first-order valence-electron chi connectivity index (χ1n) is 14.3. The maximum absolute atomic E-state index is 13.8. The van der Waals surface area contributed by atoms with E-state index in [4.69, 9.17) is 14.6 Å². The van der Waals surface area contributed by atoms with Gasteiger partial charge in [-0.15, -0.1) is 0 Å². The van der Waals surface area contributed by atoms with Gasteiger partial charge in [0.05, 0.1) is 11.6 Å². The monoisotopic (exact) mass is 576 g/mol. The summed E-state index contributed by atoms with van der Waals surface area (Å²) in [7, 11) is 0. The number of amides is 2. The van der Waals surface area contributed by atoms with E-state index < -0.39 is 5.97 Å². The number of aromatic carboxylic acids is 1. The van der Waals surface area contributed by atoms with E-state index >= 15 is 0 Å². The number of benzene rings is 1. The molecular formula is C31H36N4O5S. The van der Waals surface area contributed by atoms with Gasteiger partial charge in [-0.3, -0.25) is 4.90 Å². The Bertz CT molecular complexity index is 1350. The molecule has 2 amide bonds. The largest absolute Gasteiger partial charge is 0.478 e. The van der Waals surface area contributed by atoms with Crippen LogP contribution in [-0.2, 0) is 11.3 Å². The summed E-state index contributed by atoms with van der Waals surface area (Å²) in [5, 5.41) is 13.4. The second-order valence-electron chi connectivity index (χ2n) is 11.1. The van der Waals surface area contributed by atoms with Crippen LogP contribution in [0, 0.1) is 6.92 Å². The summed E-state index contributed by atoms with van der Waals surface area (Å²) in [5.74, 6) is 0.0589. The first-order valence-corrected chi connectivity index (χ1v) is 15.3. The third kappa shape index (κ3) is 6.10. The Labute approximate surface area is 244 Å². The molecule has 1 unspecified atom stereocenters. The van der Waals surface area contributed by atoms with Crippen molar-refractivity contribution in [2.45, 2.75) is 57.3 Å². The van der Waals surface area contributed by atoms with Crippen LogP contribution >= 0.6 is 11.3 Å². The van der Waals surface area contributed by atoms with Gasteiger partial charge >= 0.3 is 12.0 Å². The molecule has 1 atom stereocenters. The van der Waals surface area contributed by atoms with Crippen molar-refractivity contribution in [3.05, 3.63) is 75.6 Å². The Kier molecular flexibility index (Phi) is 8.23. The van der Waals surface area contributed by atoms with Crippen LogP contribution in [0.3, 0.4) is 0 Å². The summed E-state index contributed by atoms with van der Waals surface area (Å²) in [6.07, 6.45) is 3.74. The van der Waals surface area contributed by atoms with Gasteiger partial charge in [-0.2, -0.15) is 11.3 Å². The van der Waals surface area contributed by atoms with E-state index in [2.05, 4.69) is 42.6 Å². The molecular weight excluding hydrogens is 540 g/mol. The molecule has 216 valence electrons. The van der Waals surface area contributed by atoms with E-state index in [1.165, 1.54) is 17.7 Å². The van der Waals surface area contributed by atoms with E-state index in [9.17, 15) is 9.59 Å². The van der Waals surface area contributed by atoms with E-state index in [0.29, 0.717) is 11.6 Å². The molecule has 3 saturated heterocycles. The number of pyridine rings is 1. The van der Waals surface area contributed by atoms with Gasteiger partial charge in [-0.25, -0.2) is 14.6 Å². The Morgan fingerprint density at radius 2 is 1.80 bits per heavy atom. The molecule has 3 aliphatic heterocycles. The van der Waals surface area contributed by atoms with E-state index in [-0.39, 0.29) is 29.7 Å². The fourth-order valence-corrected chi connectivity index (χ4v) is 6.96. The molecule has 6 rings (SSSR count). The lowest BCUT2D eigenvalue weighted by Crippen LogP contribution is -2.48. The van der Waals surface area contributed by atoms with E-state index in [1.54, 1.807) is 23.5 Å². The number of carbonyl (C=O) groups is 2. The van der Waals surface area contributed by atoms with Gasteiger partial charge in [0.15, 0.2) is 0 Å². The van der Waals surface area contributed by atoms with Crippen molar-refractivity contribution in [3.8, 4) is 11.6 Å². The summed E-state index contributed by atoms with van der Waals surface area (Å²) in [5.41, 5.74) is 3.53. The number of hydrogen-bond acceptors (Lipinski definition) is 7. The van der Waals surface area contributed by atoms with E-state index in [0.717, 1.165) is 76.3 Å². The number of rotatable bonds is 8. The van der Waals surface area contributed by atoms with Crippen LogP contribution in [0.2, 0.25) is 0 Å². The Morgan fingerprint density at radius 3 is 2.46 bits per heavy atom. The molecule has 41 heavy (non-hydrogen) atoms. The third-order valence-corrected chi connectivity index (χ3v) is 9.27. The number of hydrogen-bond donors (Lipinski definition) is 1. The number of aryl methyl sites for hydroxylation is 1. The fraction of sp³-hybridized carbons (Fsp3) is 0.452. The number of piperidine rings is 1. The second kappa shape index (κ2) is 12.2. The second-order valence-corrected chi connectivity index (χ2v) is 11.9. The summed E-state index contributed by atoms with van der Waals surface area (Å²) in [6, 6.07) is 13.2. The Morgan fingerprint density at radius 1 is 1.05 bits per heavy atom. The standard InChI is InChI=1S/C31H36N4O5S/c1-21-23(4-7-29(32-21)40-27-5-2-22(3-6-27)30(36)37)18-33-13-8-26(9-14-33)35-28(24-12-17-41-20-24)19-34(31(35)38)25-10-15-39-16-11-25/h2-7,12,17,20,25-26,28H,8-11,13-16,18-19H2,1H3,(H,36,37). The van der Waals surface area contributed by atoms with Crippen molar-refractivity contribution < 1.29 is 24.2 Å². The van der Waals surface area contributed by atoms with Gasteiger partial charge in [0.1, 0.15) is 5.75 Å². The number of carboxylic acid groups (broad SMARTS) is 1. The first kappa shape index (κ1) is 27.7. The molecule has 3 aromatic rings. The summed E-state index contributed by atoms with van der Waals surface area (Å²) >= 11 is 1.70. The van der Waals surface area contributed by atoms with Crippen LogP contribution in [-0.4, -0.2) is 81.7 Å². The summed E-state index contributed by atoms with van der Waals surface area (Å²) < 4.78 is 11.4.